The molecular formula is C19H16N4O3S. The average Bonchev–Trinajstić information content (AvgIpc) is 3.33. The first-order chi connectivity index (χ1) is 13.3. The van der Waals surface area contributed by atoms with E-state index in [4.69, 9.17) is 9.15 Å². The zero-order valence-corrected chi connectivity index (χ0v) is 15.2. The van der Waals surface area contributed by atoms with Gasteiger partial charge in [0.05, 0.1) is 11.7 Å². The van der Waals surface area contributed by atoms with Gasteiger partial charge in [0.15, 0.2) is 5.58 Å². The number of rotatable bonds is 3. The van der Waals surface area contributed by atoms with E-state index in [1.165, 1.54) is 0 Å². The van der Waals surface area contributed by atoms with Crippen LogP contribution in [0.25, 0.3) is 22.1 Å². The van der Waals surface area contributed by atoms with Gasteiger partial charge < -0.3 is 14.1 Å². The summed E-state index contributed by atoms with van der Waals surface area (Å²) in [6, 6.07) is 13.0. The van der Waals surface area contributed by atoms with E-state index in [1.807, 2.05) is 47.4 Å². The van der Waals surface area contributed by atoms with Crippen LogP contribution in [0.2, 0.25) is 0 Å². The van der Waals surface area contributed by atoms with Crippen molar-refractivity contribution in [3.05, 3.63) is 48.0 Å². The monoisotopic (exact) mass is 380 g/mol. The maximum absolute atomic E-state index is 12.8. The number of carbonyl (C=O) groups excluding carboxylic acids is 1. The highest BCUT2D eigenvalue weighted by Gasteiger charge is 2.26. The molecule has 0 bridgehead atoms. The molecule has 3 heterocycles. The molecule has 5 rings (SSSR count). The minimum atomic E-state index is -0.00710. The fraction of sp³-hybridized carbons (Fsp3) is 0.263. The second-order valence-electron chi connectivity index (χ2n) is 6.52. The van der Waals surface area contributed by atoms with Gasteiger partial charge in [0.25, 0.3) is 5.91 Å². The van der Waals surface area contributed by atoms with Gasteiger partial charge in [-0.2, -0.15) is 13.7 Å². The SMILES string of the molecule is O=C(c1ccc2nsnc2c1)N1CCC(Oc2nc3ccccc3o2)CC1. The van der Waals surface area contributed by atoms with Crippen molar-refractivity contribution in [2.75, 3.05) is 13.1 Å². The number of hydrogen-bond acceptors (Lipinski definition) is 7. The van der Waals surface area contributed by atoms with Gasteiger partial charge in [-0.1, -0.05) is 12.1 Å². The van der Waals surface area contributed by atoms with E-state index in [-0.39, 0.29) is 12.0 Å². The Kier molecular flexibility index (Phi) is 3.97. The van der Waals surface area contributed by atoms with Crippen LogP contribution < -0.4 is 4.74 Å². The second-order valence-corrected chi connectivity index (χ2v) is 7.05. The van der Waals surface area contributed by atoms with Gasteiger partial charge in [-0.3, -0.25) is 4.79 Å². The molecule has 0 saturated carbocycles. The summed E-state index contributed by atoms with van der Waals surface area (Å²) < 4.78 is 19.9. The summed E-state index contributed by atoms with van der Waals surface area (Å²) in [5.74, 6) is 0.0187. The molecule has 136 valence electrons. The van der Waals surface area contributed by atoms with Gasteiger partial charge in [0.2, 0.25) is 0 Å². The third kappa shape index (κ3) is 3.12. The minimum Gasteiger partial charge on any atom is -0.447 e. The van der Waals surface area contributed by atoms with Gasteiger partial charge in [-0.15, -0.1) is 0 Å². The third-order valence-electron chi connectivity index (χ3n) is 4.77. The lowest BCUT2D eigenvalue weighted by Gasteiger charge is -2.31. The molecule has 1 aliphatic rings. The molecule has 2 aromatic carbocycles. The highest BCUT2D eigenvalue weighted by Crippen LogP contribution is 2.24. The summed E-state index contributed by atoms with van der Waals surface area (Å²) >= 11 is 1.16. The fourth-order valence-corrected chi connectivity index (χ4v) is 3.84. The van der Waals surface area contributed by atoms with Crippen molar-refractivity contribution in [1.29, 1.82) is 0 Å². The molecule has 0 spiro atoms. The Bertz CT molecular complexity index is 1080. The Hall–Kier alpha value is -3.00. The normalized spacial score (nSPS) is 15.5. The molecule has 8 heteroatoms. The Morgan fingerprint density at radius 1 is 1.07 bits per heavy atom. The van der Waals surface area contributed by atoms with Gasteiger partial charge in [0, 0.05) is 31.5 Å². The summed E-state index contributed by atoms with van der Waals surface area (Å²) in [5, 5.41) is 0. The van der Waals surface area contributed by atoms with Crippen molar-refractivity contribution >= 4 is 39.8 Å². The number of hydrogen-bond donors (Lipinski definition) is 0. The Morgan fingerprint density at radius 2 is 1.89 bits per heavy atom. The number of amides is 1. The first kappa shape index (κ1) is 16.2. The van der Waals surface area contributed by atoms with E-state index >= 15 is 0 Å². The first-order valence-electron chi connectivity index (χ1n) is 8.80. The number of aromatic nitrogens is 3. The van der Waals surface area contributed by atoms with E-state index in [2.05, 4.69) is 13.7 Å². The van der Waals surface area contributed by atoms with Crippen molar-refractivity contribution < 1.29 is 13.9 Å². The highest BCUT2D eigenvalue weighted by molar-refractivity contribution is 7.00. The van der Waals surface area contributed by atoms with Crippen LogP contribution in [0.3, 0.4) is 0 Å². The van der Waals surface area contributed by atoms with E-state index in [0.29, 0.717) is 30.3 Å². The second kappa shape index (κ2) is 6.62. The van der Waals surface area contributed by atoms with Crippen LogP contribution in [0.5, 0.6) is 6.08 Å². The van der Waals surface area contributed by atoms with Crippen molar-refractivity contribution in [1.82, 2.24) is 18.6 Å². The number of carbonyl (C=O) groups is 1. The predicted octanol–water partition coefficient (Wildman–Crippen LogP) is 3.52. The molecule has 0 atom stereocenters. The summed E-state index contributed by atoms with van der Waals surface area (Å²) in [5.41, 5.74) is 3.73. The van der Waals surface area contributed by atoms with Crippen molar-refractivity contribution in [2.45, 2.75) is 18.9 Å². The number of fused-ring (bicyclic) bond motifs is 2. The molecule has 4 aromatic rings. The molecule has 0 radical (unpaired) electrons. The van der Waals surface area contributed by atoms with Gasteiger partial charge in [0.1, 0.15) is 22.7 Å². The number of ether oxygens (including phenoxy) is 1. The molecule has 1 aliphatic heterocycles. The number of oxazole rings is 1. The van der Waals surface area contributed by atoms with Gasteiger partial charge >= 0.3 is 6.08 Å². The van der Waals surface area contributed by atoms with E-state index < -0.39 is 0 Å². The molecule has 7 nitrogen and oxygen atoms in total. The van der Waals surface area contributed by atoms with E-state index in [9.17, 15) is 4.79 Å². The lowest BCUT2D eigenvalue weighted by Crippen LogP contribution is -2.41. The van der Waals surface area contributed by atoms with Crippen molar-refractivity contribution in [3.63, 3.8) is 0 Å². The van der Waals surface area contributed by atoms with Crippen molar-refractivity contribution in [3.8, 4) is 6.08 Å². The Morgan fingerprint density at radius 3 is 2.74 bits per heavy atom. The molecule has 1 fully saturated rings. The summed E-state index contributed by atoms with van der Waals surface area (Å²) in [7, 11) is 0. The van der Waals surface area contributed by atoms with Crippen LogP contribution in [-0.2, 0) is 0 Å². The number of likely N-dealkylation sites (tertiary alicyclic amines) is 1. The highest BCUT2D eigenvalue weighted by atomic mass is 32.1. The molecule has 1 saturated heterocycles. The van der Waals surface area contributed by atoms with Gasteiger partial charge in [-0.25, -0.2) is 0 Å². The van der Waals surface area contributed by atoms with E-state index in [1.54, 1.807) is 0 Å². The molecule has 27 heavy (non-hydrogen) atoms. The van der Waals surface area contributed by atoms with Crippen LogP contribution in [0, 0.1) is 0 Å². The molecule has 0 unspecified atom stereocenters. The van der Waals surface area contributed by atoms with Crippen LogP contribution in [0.4, 0.5) is 0 Å². The number of nitrogens with zero attached hydrogens (tertiary/aromatic N) is 4. The zero-order valence-electron chi connectivity index (χ0n) is 14.4. The van der Waals surface area contributed by atoms with E-state index in [0.717, 1.165) is 41.1 Å². The van der Waals surface area contributed by atoms with Crippen molar-refractivity contribution in [2.24, 2.45) is 0 Å². The molecule has 1 amide bonds. The first-order valence-corrected chi connectivity index (χ1v) is 9.53. The average molecular weight is 380 g/mol. The lowest BCUT2D eigenvalue weighted by atomic mass is 10.1. The largest absolute Gasteiger partial charge is 0.447 e. The van der Waals surface area contributed by atoms with Crippen LogP contribution in [0.15, 0.2) is 46.9 Å². The summed E-state index contributed by atoms with van der Waals surface area (Å²) in [4.78, 5) is 19.0. The minimum absolute atomic E-state index is 0.00710. The lowest BCUT2D eigenvalue weighted by molar-refractivity contribution is 0.0536. The van der Waals surface area contributed by atoms with Crippen LogP contribution >= 0.6 is 11.7 Å². The topological polar surface area (TPSA) is 81.4 Å². The third-order valence-corrected chi connectivity index (χ3v) is 5.33. The number of para-hydroxylation sites is 2. The fourth-order valence-electron chi connectivity index (χ4n) is 3.32. The summed E-state index contributed by atoms with van der Waals surface area (Å²) in [6.07, 6.45) is 1.77. The molecule has 0 aliphatic carbocycles. The molecule has 2 aromatic heterocycles. The summed E-state index contributed by atoms with van der Waals surface area (Å²) in [6.45, 7) is 1.27. The smallest absolute Gasteiger partial charge is 0.394 e. The Balaban J connectivity index is 1.23. The Labute approximate surface area is 158 Å². The maximum Gasteiger partial charge on any atom is 0.394 e. The number of benzene rings is 2. The van der Waals surface area contributed by atoms with Crippen LogP contribution in [-0.4, -0.2) is 43.7 Å². The standard InChI is InChI=1S/C19H16N4O3S/c24-18(12-5-6-14-16(11-12)22-27-21-14)23-9-7-13(8-10-23)25-19-20-15-3-1-2-4-17(15)26-19/h1-6,11,13H,7-10H2. The predicted molar refractivity (Wildman–Crippen MR) is 101 cm³/mol. The van der Waals surface area contributed by atoms with Gasteiger partial charge in [-0.05, 0) is 30.3 Å². The maximum atomic E-state index is 12.8. The quantitative estimate of drug-likeness (QED) is 0.541. The molecular weight excluding hydrogens is 364 g/mol. The van der Waals surface area contributed by atoms with Crippen LogP contribution in [0.1, 0.15) is 23.2 Å². The molecule has 0 N–H and O–H groups in total. The number of piperidine rings is 1. The zero-order chi connectivity index (χ0) is 18.2.